The number of hydrogen-bond donors (Lipinski definition) is 2. The van der Waals surface area contributed by atoms with E-state index < -0.39 is 23.1 Å². The van der Waals surface area contributed by atoms with Crippen LogP contribution in [0.25, 0.3) is 0 Å². The fourth-order valence-electron chi connectivity index (χ4n) is 8.44. The maximum atomic E-state index is 12.5. The van der Waals surface area contributed by atoms with Crippen molar-refractivity contribution in [2.24, 2.45) is 40.4 Å². The summed E-state index contributed by atoms with van der Waals surface area (Å²) in [5.74, 6) is 1.28. The van der Waals surface area contributed by atoms with Gasteiger partial charge in [0.2, 0.25) is 0 Å². The molecule has 4 aliphatic carbocycles. The third-order valence-corrected chi connectivity index (χ3v) is 9.48. The molecule has 4 saturated carbocycles. The van der Waals surface area contributed by atoms with Crippen molar-refractivity contribution in [2.45, 2.75) is 90.3 Å². The highest BCUT2D eigenvalue weighted by atomic mass is 16.4. The molecule has 4 fully saturated rings. The average molecular weight is 364 g/mol. The van der Waals surface area contributed by atoms with Gasteiger partial charge in [0, 0.05) is 11.8 Å². The van der Waals surface area contributed by atoms with E-state index in [0.717, 1.165) is 25.2 Å². The Morgan fingerprint density at radius 3 is 2.42 bits per heavy atom. The van der Waals surface area contributed by atoms with Crippen LogP contribution in [0.15, 0.2) is 0 Å². The summed E-state index contributed by atoms with van der Waals surface area (Å²) in [5, 5.41) is 34.0. The third kappa shape index (κ3) is 2.24. The molecule has 0 amide bonds. The molecule has 0 radical (unpaired) electrons. The van der Waals surface area contributed by atoms with E-state index in [0.29, 0.717) is 42.4 Å². The maximum absolute atomic E-state index is 12.5. The van der Waals surface area contributed by atoms with Crippen LogP contribution in [0.2, 0.25) is 0 Å². The summed E-state index contributed by atoms with van der Waals surface area (Å²) in [6, 6.07) is 0. The summed E-state index contributed by atoms with van der Waals surface area (Å²) in [5.41, 5.74) is -2.15. The predicted octanol–water partition coefficient (Wildman–Crippen LogP) is 2.51. The van der Waals surface area contributed by atoms with Crippen molar-refractivity contribution in [1.29, 1.82) is 0 Å². The second-order valence-corrected chi connectivity index (χ2v) is 10.6. The van der Waals surface area contributed by atoms with Gasteiger partial charge in [-0.3, -0.25) is 0 Å². The standard InChI is InChI=1S/C22H36O4/c1-13(2)16-4-5-17-15-7-10-21(26)12-14(23)6-11-22(21,19(24)25)18(15)8-9-20(16,17)3/h13-18,23,26H,4-12H2,1-3H3,(H,24,25)/p-1/t14-,15-,16+,17+,18-,20+,21-,22+/m0/s1. The largest absolute Gasteiger partial charge is 0.549 e. The zero-order chi connectivity index (χ0) is 18.9. The van der Waals surface area contributed by atoms with Crippen molar-refractivity contribution < 1.29 is 20.1 Å². The number of aliphatic hydroxyl groups is 2. The molecule has 0 bridgehead atoms. The molecule has 0 saturated heterocycles. The lowest BCUT2D eigenvalue weighted by Gasteiger charge is -2.65. The van der Waals surface area contributed by atoms with Crippen LogP contribution in [-0.4, -0.2) is 27.9 Å². The molecule has 4 heteroatoms. The number of aliphatic carboxylic acids is 1. The molecule has 0 aromatic heterocycles. The van der Waals surface area contributed by atoms with E-state index in [-0.39, 0.29) is 12.3 Å². The zero-order valence-electron chi connectivity index (χ0n) is 16.5. The molecule has 2 N–H and O–H groups in total. The third-order valence-electron chi connectivity index (χ3n) is 9.48. The Bertz CT molecular complexity index is 589. The fourth-order valence-corrected chi connectivity index (χ4v) is 8.44. The highest BCUT2D eigenvalue weighted by Gasteiger charge is 2.66. The highest BCUT2D eigenvalue weighted by molar-refractivity contribution is 5.75. The summed E-state index contributed by atoms with van der Waals surface area (Å²) >= 11 is 0. The first kappa shape index (κ1) is 18.7. The molecule has 0 spiro atoms. The molecule has 0 aliphatic heterocycles. The second-order valence-electron chi connectivity index (χ2n) is 10.6. The van der Waals surface area contributed by atoms with Crippen LogP contribution in [-0.2, 0) is 4.79 Å². The molecule has 4 aliphatic rings. The summed E-state index contributed by atoms with van der Waals surface area (Å²) in [6.07, 6.45) is 6.24. The Labute approximate surface area is 157 Å². The quantitative estimate of drug-likeness (QED) is 0.790. The number of carbonyl (C=O) groups excluding carboxylic acids is 1. The van der Waals surface area contributed by atoms with E-state index in [2.05, 4.69) is 20.8 Å². The van der Waals surface area contributed by atoms with Crippen molar-refractivity contribution in [2.75, 3.05) is 0 Å². The lowest BCUT2D eigenvalue weighted by molar-refractivity contribution is -0.347. The predicted molar refractivity (Wildman–Crippen MR) is 96.9 cm³/mol. The van der Waals surface area contributed by atoms with Crippen molar-refractivity contribution in [3.05, 3.63) is 0 Å². The number of aliphatic hydroxyl groups excluding tert-OH is 1. The van der Waals surface area contributed by atoms with Crippen LogP contribution in [0, 0.1) is 40.4 Å². The first-order chi connectivity index (χ1) is 12.2. The smallest absolute Gasteiger partial charge is 0.0783 e. The van der Waals surface area contributed by atoms with Crippen LogP contribution in [0.3, 0.4) is 0 Å². The minimum Gasteiger partial charge on any atom is -0.549 e. The van der Waals surface area contributed by atoms with E-state index in [1.165, 1.54) is 12.8 Å². The maximum Gasteiger partial charge on any atom is 0.0783 e. The van der Waals surface area contributed by atoms with E-state index in [4.69, 9.17) is 0 Å². The molecule has 26 heavy (non-hydrogen) atoms. The molecule has 8 atom stereocenters. The number of carboxylic acid groups (broad SMARTS) is 1. The normalized spacial score (nSPS) is 53.7. The van der Waals surface area contributed by atoms with Gasteiger partial charge in [0.15, 0.2) is 0 Å². The van der Waals surface area contributed by atoms with Crippen molar-refractivity contribution in [3.63, 3.8) is 0 Å². The Kier molecular flexibility index (Phi) is 4.28. The van der Waals surface area contributed by atoms with Crippen LogP contribution in [0.5, 0.6) is 0 Å². The molecule has 0 aromatic rings. The van der Waals surface area contributed by atoms with Gasteiger partial charge in [-0.15, -0.1) is 0 Å². The fraction of sp³-hybridized carbons (Fsp3) is 0.955. The summed E-state index contributed by atoms with van der Waals surface area (Å²) in [6.45, 7) is 7.10. The van der Waals surface area contributed by atoms with E-state index in [1.807, 2.05) is 0 Å². The van der Waals surface area contributed by atoms with Gasteiger partial charge in [0.25, 0.3) is 0 Å². The molecular weight excluding hydrogens is 328 g/mol. The summed E-state index contributed by atoms with van der Waals surface area (Å²) in [4.78, 5) is 12.5. The van der Waals surface area contributed by atoms with Crippen molar-refractivity contribution in [1.82, 2.24) is 0 Å². The van der Waals surface area contributed by atoms with Gasteiger partial charge in [-0.2, -0.15) is 0 Å². The first-order valence-corrected chi connectivity index (χ1v) is 10.8. The van der Waals surface area contributed by atoms with Gasteiger partial charge in [0.1, 0.15) is 0 Å². The number of rotatable bonds is 2. The van der Waals surface area contributed by atoms with Crippen molar-refractivity contribution >= 4 is 5.97 Å². The van der Waals surface area contributed by atoms with Gasteiger partial charge in [-0.25, -0.2) is 0 Å². The Morgan fingerprint density at radius 2 is 1.77 bits per heavy atom. The topological polar surface area (TPSA) is 80.6 Å². The zero-order valence-corrected chi connectivity index (χ0v) is 16.5. The van der Waals surface area contributed by atoms with Gasteiger partial charge in [0.05, 0.1) is 17.7 Å². The first-order valence-electron chi connectivity index (χ1n) is 10.8. The van der Waals surface area contributed by atoms with E-state index in [9.17, 15) is 20.1 Å². The lowest BCUT2D eigenvalue weighted by Crippen LogP contribution is -2.69. The molecule has 4 rings (SSSR count). The second kappa shape index (κ2) is 5.94. The van der Waals surface area contributed by atoms with Gasteiger partial charge in [-0.1, -0.05) is 20.8 Å². The molecule has 4 nitrogen and oxygen atoms in total. The van der Waals surface area contributed by atoms with Gasteiger partial charge >= 0.3 is 0 Å². The van der Waals surface area contributed by atoms with Crippen LogP contribution in [0.4, 0.5) is 0 Å². The van der Waals surface area contributed by atoms with Crippen LogP contribution < -0.4 is 5.11 Å². The van der Waals surface area contributed by atoms with Crippen LogP contribution in [0.1, 0.15) is 78.6 Å². The molecule has 148 valence electrons. The summed E-state index contributed by atoms with van der Waals surface area (Å²) < 4.78 is 0. The van der Waals surface area contributed by atoms with Crippen molar-refractivity contribution in [3.8, 4) is 0 Å². The number of carbonyl (C=O) groups is 1. The molecule has 0 unspecified atom stereocenters. The molecule has 0 aromatic carbocycles. The van der Waals surface area contributed by atoms with E-state index >= 15 is 0 Å². The number of carboxylic acids is 1. The highest BCUT2D eigenvalue weighted by Crippen LogP contribution is 2.69. The molecular formula is C22H35O4-. The Morgan fingerprint density at radius 1 is 1.04 bits per heavy atom. The summed E-state index contributed by atoms with van der Waals surface area (Å²) in [7, 11) is 0. The minimum atomic E-state index is -1.30. The number of hydrogen-bond acceptors (Lipinski definition) is 4. The van der Waals surface area contributed by atoms with E-state index in [1.54, 1.807) is 0 Å². The Balaban J connectivity index is 1.71. The monoisotopic (exact) mass is 363 g/mol. The SMILES string of the molecule is CC(C)[C@H]1CC[C@@H]2[C@@H]3CC[C@]4(O)C[C@@H](O)CC[C@]4(C(=O)[O-])[C@H]3CC[C@]12C. The lowest BCUT2D eigenvalue weighted by atomic mass is 9.42. The molecule has 0 heterocycles. The van der Waals surface area contributed by atoms with Gasteiger partial charge < -0.3 is 20.1 Å². The minimum absolute atomic E-state index is 0.00253. The van der Waals surface area contributed by atoms with Gasteiger partial charge in [-0.05, 0) is 86.4 Å². The Hall–Kier alpha value is -0.610. The number of fused-ring (bicyclic) bond motifs is 5. The average Bonchev–Trinajstić information content (AvgIpc) is 2.91. The van der Waals surface area contributed by atoms with Crippen LogP contribution >= 0.6 is 0 Å².